The zero-order chi connectivity index (χ0) is 17.5. The first kappa shape index (κ1) is 18.3. The SMILES string of the molecule is CN(C)C(=NCc1cccc(NC(=O)C2CCCCC2)c1)N(C)C. The number of hydrogen-bond donors (Lipinski definition) is 1. The van der Waals surface area contributed by atoms with Gasteiger partial charge in [-0.05, 0) is 30.5 Å². The van der Waals surface area contributed by atoms with Gasteiger partial charge in [0.2, 0.25) is 5.91 Å². The number of anilines is 1. The van der Waals surface area contributed by atoms with Crippen molar-refractivity contribution in [2.75, 3.05) is 33.5 Å². The molecule has 132 valence electrons. The van der Waals surface area contributed by atoms with E-state index in [-0.39, 0.29) is 11.8 Å². The highest BCUT2D eigenvalue weighted by molar-refractivity contribution is 5.92. The maximum atomic E-state index is 12.4. The Morgan fingerprint density at radius 2 is 1.79 bits per heavy atom. The highest BCUT2D eigenvalue weighted by Gasteiger charge is 2.20. The smallest absolute Gasteiger partial charge is 0.227 e. The van der Waals surface area contributed by atoms with Gasteiger partial charge in [0.1, 0.15) is 0 Å². The Balaban J connectivity index is 2.00. The Hall–Kier alpha value is -2.04. The van der Waals surface area contributed by atoms with Crippen LogP contribution in [0.4, 0.5) is 5.69 Å². The monoisotopic (exact) mass is 330 g/mol. The zero-order valence-corrected chi connectivity index (χ0v) is 15.4. The summed E-state index contributed by atoms with van der Waals surface area (Å²) >= 11 is 0. The van der Waals surface area contributed by atoms with Gasteiger partial charge in [0.25, 0.3) is 0 Å². The summed E-state index contributed by atoms with van der Waals surface area (Å²) in [5.41, 5.74) is 1.96. The molecule has 1 aromatic carbocycles. The van der Waals surface area contributed by atoms with E-state index < -0.39 is 0 Å². The maximum absolute atomic E-state index is 12.4. The van der Waals surface area contributed by atoms with Gasteiger partial charge in [0, 0.05) is 39.8 Å². The highest BCUT2D eigenvalue weighted by Crippen LogP contribution is 2.25. The summed E-state index contributed by atoms with van der Waals surface area (Å²) in [6.45, 7) is 0.596. The van der Waals surface area contributed by atoms with Gasteiger partial charge in [-0.25, -0.2) is 4.99 Å². The van der Waals surface area contributed by atoms with Crippen LogP contribution < -0.4 is 5.32 Å². The number of nitrogens with zero attached hydrogens (tertiary/aromatic N) is 3. The molecule has 1 N–H and O–H groups in total. The molecule has 0 bridgehead atoms. The minimum absolute atomic E-state index is 0.164. The fraction of sp³-hybridized carbons (Fsp3) is 0.579. The number of guanidine groups is 1. The Labute approximate surface area is 145 Å². The largest absolute Gasteiger partial charge is 0.349 e. The van der Waals surface area contributed by atoms with E-state index >= 15 is 0 Å². The summed E-state index contributed by atoms with van der Waals surface area (Å²) in [6.07, 6.45) is 5.64. The molecule has 0 spiro atoms. The van der Waals surface area contributed by atoms with Crippen LogP contribution in [-0.2, 0) is 11.3 Å². The predicted octanol–water partition coefficient (Wildman–Crippen LogP) is 3.18. The van der Waals surface area contributed by atoms with Crippen LogP contribution in [0.3, 0.4) is 0 Å². The van der Waals surface area contributed by atoms with E-state index in [1.54, 1.807) is 0 Å². The van der Waals surface area contributed by atoms with Crippen LogP contribution in [0.25, 0.3) is 0 Å². The molecular weight excluding hydrogens is 300 g/mol. The van der Waals surface area contributed by atoms with Crippen molar-refractivity contribution in [1.82, 2.24) is 9.80 Å². The molecule has 0 aliphatic heterocycles. The molecule has 0 heterocycles. The number of aliphatic imine (C=N–C) groups is 1. The lowest BCUT2D eigenvalue weighted by atomic mass is 9.88. The summed E-state index contributed by atoms with van der Waals surface area (Å²) in [4.78, 5) is 21.0. The van der Waals surface area contributed by atoms with Gasteiger partial charge < -0.3 is 15.1 Å². The van der Waals surface area contributed by atoms with Gasteiger partial charge in [-0.3, -0.25) is 4.79 Å². The normalized spacial score (nSPS) is 14.8. The van der Waals surface area contributed by atoms with E-state index in [2.05, 4.69) is 10.3 Å². The molecule has 2 rings (SSSR count). The van der Waals surface area contributed by atoms with Crippen molar-refractivity contribution >= 4 is 17.6 Å². The summed E-state index contributed by atoms with van der Waals surface area (Å²) in [7, 11) is 7.94. The molecule has 1 saturated carbocycles. The molecule has 1 amide bonds. The summed E-state index contributed by atoms with van der Waals surface area (Å²) in [5.74, 6) is 1.26. The molecule has 5 heteroatoms. The predicted molar refractivity (Wildman–Crippen MR) is 100 cm³/mol. The summed E-state index contributed by atoms with van der Waals surface area (Å²) < 4.78 is 0. The summed E-state index contributed by atoms with van der Waals surface area (Å²) in [6, 6.07) is 7.99. The van der Waals surface area contributed by atoms with Crippen LogP contribution in [0.15, 0.2) is 29.3 Å². The molecule has 24 heavy (non-hydrogen) atoms. The first-order valence-corrected chi connectivity index (χ1v) is 8.76. The highest BCUT2D eigenvalue weighted by atomic mass is 16.1. The third-order valence-corrected chi connectivity index (χ3v) is 4.37. The Morgan fingerprint density at radius 3 is 2.42 bits per heavy atom. The van der Waals surface area contributed by atoms with Crippen molar-refractivity contribution in [1.29, 1.82) is 0 Å². The second-order valence-corrected chi connectivity index (χ2v) is 6.93. The van der Waals surface area contributed by atoms with Crippen molar-refractivity contribution in [2.45, 2.75) is 38.6 Å². The van der Waals surface area contributed by atoms with E-state index in [9.17, 15) is 4.79 Å². The standard InChI is InChI=1S/C19H30N4O/c1-22(2)19(23(3)4)20-14-15-9-8-12-17(13-15)21-18(24)16-10-6-5-7-11-16/h8-9,12-13,16H,5-7,10-11,14H2,1-4H3,(H,21,24). The fourth-order valence-electron chi connectivity index (χ4n) is 3.20. The average molecular weight is 330 g/mol. The minimum atomic E-state index is 0.164. The number of rotatable bonds is 4. The molecule has 0 unspecified atom stereocenters. The van der Waals surface area contributed by atoms with Crippen LogP contribution in [-0.4, -0.2) is 49.9 Å². The molecule has 1 aromatic rings. The topological polar surface area (TPSA) is 47.9 Å². The summed E-state index contributed by atoms with van der Waals surface area (Å²) in [5, 5.41) is 3.08. The number of nitrogens with one attached hydrogen (secondary N) is 1. The van der Waals surface area contributed by atoms with Crippen molar-refractivity contribution in [2.24, 2.45) is 10.9 Å². The fourth-order valence-corrected chi connectivity index (χ4v) is 3.20. The number of benzene rings is 1. The lowest BCUT2D eigenvalue weighted by molar-refractivity contribution is -0.120. The minimum Gasteiger partial charge on any atom is -0.349 e. The van der Waals surface area contributed by atoms with E-state index in [4.69, 9.17) is 0 Å². The van der Waals surface area contributed by atoms with Gasteiger partial charge in [-0.1, -0.05) is 31.4 Å². The van der Waals surface area contributed by atoms with Gasteiger partial charge in [0.15, 0.2) is 5.96 Å². The van der Waals surface area contributed by atoms with E-state index in [0.717, 1.165) is 30.1 Å². The Morgan fingerprint density at radius 1 is 1.12 bits per heavy atom. The number of amides is 1. The lowest BCUT2D eigenvalue weighted by Gasteiger charge is -2.22. The average Bonchev–Trinajstić information content (AvgIpc) is 2.55. The van der Waals surface area contributed by atoms with Gasteiger partial charge in [0.05, 0.1) is 6.54 Å². The molecule has 1 fully saturated rings. The Bertz CT molecular complexity index is 564. The molecule has 5 nitrogen and oxygen atoms in total. The number of carbonyl (C=O) groups excluding carboxylic acids is 1. The molecule has 1 aliphatic rings. The van der Waals surface area contributed by atoms with Gasteiger partial charge in [-0.15, -0.1) is 0 Å². The lowest BCUT2D eigenvalue weighted by Crippen LogP contribution is -2.35. The quantitative estimate of drug-likeness (QED) is 0.681. The van der Waals surface area contributed by atoms with Crippen molar-refractivity contribution in [3.63, 3.8) is 0 Å². The van der Waals surface area contributed by atoms with Crippen LogP contribution in [0, 0.1) is 5.92 Å². The first-order valence-electron chi connectivity index (χ1n) is 8.76. The molecule has 0 atom stereocenters. The second kappa shape index (κ2) is 8.71. The molecule has 0 saturated heterocycles. The third kappa shape index (κ3) is 5.25. The Kier molecular flexibility index (Phi) is 6.64. The van der Waals surface area contributed by atoms with Crippen LogP contribution >= 0.6 is 0 Å². The van der Waals surface area contributed by atoms with E-state index in [1.165, 1.54) is 19.3 Å². The van der Waals surface area contributed by atoms with Crippen molar-refractivity contribution in [3.8, 4) is 0 Å². The number of hydrogen-bond acceptors (Lipinski definition) is 2. The first-order chi connectivity index (χ1) is 11.5. The van der Waals surface area contributed by atoms with Crippen LogP contribution in [0.5, 0.6) is 0 Å². The van der Waals surface area contributed by atoms with Crippen molar-refractivity contribution < 1.29 is 4.79 Å². The molecular formula is C19H30N4O. The molecule has 0 aromatic heterocycles. The third-order valence-electron chi connectivity index (χ3n) is 4.37. The molecule has 0 radical (unpaired) electrons. The van der Waals surface area contributed by atoms with Crippen LogP contribution in [0.1, 0.15) is 37.7 Å². The van der Waals surface area contributed by atoms with Gasteiger partial charge >= 0.3 is 0 Å². The number of carbonyl (C=O) groups is 1. The maximum Gasteiger partial charge on any atom is 0.227 e. The van der Waals surface area contributed by atoms with Crippen LogP contribution in [0.2, 0.25) is 0 Å². The van der Waals surface area contributed by atoms with Crippen molar-refractivity contribution in [3.05, 3.63) is 29.8 Å². The molecule has 1 aliphatic carbocycles. The van der Waals surface area contributed by atoms with E-state index in [1.807, 2.05) is 62.3 Å². The zero-order valence-electron chi connectivity index (χ0n) is 15.4. The van der Waals surface area contributed by atoms with Gasteiger partial charge in [-0.2, -0.15) is 0 Å². The second-order valence-electron chi connectivity index (χ2n) is 6.93. The van der Waals surface area contributed by atoms with E-state index in [0.29, 0.717) is 6.54 Å².